The van der Waals surface area contributed by atoms with Crippen LogP contribution in [0, 0.1) is 10.1 Å². The molecule has 1 aliphatic rings. The molecule has 1 heterocycles. The molecule has 0 aliphatic carbocycles. The van der Waals surface area contributed by atoms with Gasteiger partial charge in [0.1, 0.15) is 5.69 Å². The molecule has 0 atom stereocenters. The third-order valence-corrected chi connectivity index (χ3v) is 4.92. The summed E-state index contributed by atoms with van der Waals surface area (Å²) in [6.45, 7) is 1.49. The van der Waals surface area contributed by atoms with E-state index in [0.717, 1.165) is 32.4 Å². The number of benzene rings is 2. The molecule has 28 heavy (non-hydrogen) atoms. The smallest absolute Gasteiger partial charge is 0.337 e. The molecule has 146 valence electrons. The first kappa shape index (κ1) is 19.6. The molecule has 2 N–H and O–H groups in total. The summed E-state index contributed by atoms with van der Waals surface area (Å²) >= 11 is 5.82. The fourth-order valence-electron chi connectivity index (χ4n) is 3.18. The average Bonchev–Trinajstić information content (AvgIpc) is 2.69. The van der Waals surface area contributed by atoms with E-state index in [9.17, 15) is 19.7 Å². The number of carboxylic acids is 1. The first-order valence-corrected chi connectivity index (χ1v) is 9.12. The lowest BCUT2D eigenvalue weighted by atomic mass is 10.1. The molecule has 2 aromatic rings. The first-order valence-electron chi connectivity index (χ1n) is 8.74. The van der Waals surface area contributed by atoms with Crippen LogP contribution in [0.2, 0.25) is 5.02 Å². The second kappa shape index (κ2) is 8.26. The number of nitrogens with zero attached hydrogens (tertiary/aromatic N) is 2. The number of carbonyl (C=O) groups is 2. The minimum absolute atomic E-state index is 0.0482. The molecular formula is C19H18ClN3O5. The number of hydrogen-bond donors (Lipinski definition) is 2. The molecule has 9 heteroatoms. The van der Waals surface area contributed by atoms with Crippen LogP contribution in [0.3, 0.4) is 0 Å². The highest BCUT2D eigenvalue weighted by Crippen LogP contribution is 2.31. The van der Waals surface area contributed by atoms with E-state index in [-0.39, 0.29) is 27.5 Å². The van der Waals surface area contributed by atoms with Crippen LogP contribution in [0.4, 0.5) is 17.1 Å². The van der Waals surface area contributed by atoms with Gasteiger partial charge in [-0.15, -0.1) is 0 Å². The van der Waals surface area contributed by atoms with Crippen molar-refractivity contribution in [3.63, 3.8) is 0 Å². The maximum Gasteiger partial charge on any atom is 0.337 e. The Morgan fingerprint density at radius 2 is 1.82 bits per heavy atom. The molecule has 3 rings (SSSR count). The van der Waals surface area contributed by atoms with Crippen molar-refractivity contribution < 1.29 is 19.6 Å². The van der Waals surface area contributed by atoms with E-state index < -0.39 is 16.8 Å². The predicted octanol–water partition coefficient (Wildman–Crippen LogP) is 4.19. The van der Waals surface area contributed by atoms with E-state index in [2.05, 4.69) is 5.32 Å². The lowest BCUT2D eigenvalue weighted by Gasteiger charge is -2.28. The second-order valence-electron chi connectivity index (χ2n) is 6.46. The Labute approximate surface area is 165 Å². The van der Waals surface area contributed by atoms with Gasteiger partial charge in [0.05, 0.1) is 15.5 Å². The van der Waals surface area contributed by atoms with Gasteiger partial charge in [0.2, 0.25) is 0 Å². The van der Waals surface area contributed by atoms with Crippen molar-refractivity contribution in [3.8, 4) is 0 Å². The number of anilines is 2. The van der Waals surface area contributed by atoms with E-state index in [0.29, 0.717) is 5.69 Å². The molecule has 0 aromatic heterocycles. The van der Waals surface area contributed by atoms with Crippen LogP contribution < -0.4 is 10.2 Å². The van der Waals surface area contributed by atoms with Gasteiger partial charge in [-0.3, -0.25) is 14.9 Å². The van der Waals surface area contributed by atoms with E-state index in [4.69, 9.17) is 16.7 Å². The summed E-state index contributed by atoms with van der Waals surface area (Å²) in [6, 6.07) is 8.42. The van der Waals surface area contributed by atoms with Gasteiger partial charge in [0, 0.05) is 30.4 Å². The molecule has 0 saturated carbocycles. The van der Waals surface area contributed by atoms with Crippen LogP contribution in [0.25, 0.3) is 0 Å². The number of nitro benzene ring substituents is 1. The van der Waals surface area contributed by atoms with Crippen LogP contribution in [0.5, 0.6) is 0 Å². The number of rotatable bonds is 5. The number of amides is 1. The Morgan fingerprint density at radius 1 is 1.11 bits per heavy atom. The van der Waals surface area contributed by atoms with Crippen molar-refractivity contribution >= 4 is 40.5 Å². The molecule has 1 aliphatic heterocycles. The molecule has 1 fully saturated rings. The first-order chi connectivity index (χ1) is 13.4. The minimum Gasteiger partial charge on any atom is -0.478 e. The fourth-order valence-corrected chi connectivity index (χ4v) is 3.38. The maximum atomic E-state index is 12.5. The highest BCUT2D eigenvalue weighted by Gasteiger charge is 2.23. The second-order valence-corrected chi connectivity index (χ2v) is 6.87. The number of halogens is 1. The lowest BCUT2D eigenvalue weighted by Crippen LogP contribution is -2.30. The predicted molar refractivity (Wildman–Crippen MR) is 106 cm³/mol. The number of aromatic carboxylic acids is 1. The van der Waals surface area contributed by atoms with Crippen molar-refractivity contribution in [1.82, 2.24) is 0 Å². The molecule has 0 spiro atoms. The molecular weight excluding hydrogens is 386 g/mol. The molecule has 0 radical (unpaired) electrons. The molecule has 1 amide bonds. The highest BCUT2D eigenvalue weighted by atomic mass is 35.5. The quantitative estimate of drug-likeness (QED) is 0.571. The summed E-state index contributed by atoms with van der Waals surface area (Å²) in [5.41, 5.74) is 0.567. The number of nitro groups is 1. The number of piperidine rings is 1. The number of nitrogens with one attached hydrogen (secondary N) is 1. The zero-order valence-corrected chi connectivity index (χ0v) is 15.6. The molecule has 0 bridgehead atoms. The van der Waals surface area contributed by atoms with Crippen LogP contribution in [0.1, 0.15) is 40.0 Å². The third-order valence-electron chi connectivity index (χ3n) is 4.59. The standard InChI is InChI=1S/C19H18ClN3O5/c20-15-6-5-13(11-14(15)19(25)26)21-18(24)12-4-7-16(17(10-12)23(27)28)22-8-2-1-3-9-22/h4-7,10-11H,1-3,8-9H2,(H,21,24)(H,25,26). The summed E-state index contributed by atoms with van der Waals surface area (Å²) in [5.74, 6) is -1.80. The van der Waals surface area contributed by atoms with Gasteiger partial charge in [-0.2, -0.15) is 0 Å². The average molecular weight is 404 g/mol. The van der Waals surface area contributed by atoms with Gasteiger partial charge < -0.3 is 15.3 Å². The van der Waals surface area contributed by atoms with Crippen molar-refractivity contribution in [2.24, 2.45) is 0 Å². The topological polar surface area (TPSA) is 113 Å². The highest BCUT2D eigenvalue weighted by molar-refractivity contribution is 6.33. The van der Waals surface area contributed by atoms with E-state index >= 15 is 0 Å². The van der Waals surface area contributed by atoms with Gasteiger partial charge in [0.25, 0.3) is 11.6 Å². The van der Waals surface area contributed by atoms with E-state index in [1.54, 1.807) is 6.07 Å². The molecule has 0 unspecified atom stereocenters. The van der Waals surface area contributed by atoms with Gasteiger partial charge in [0.15, 0.2) is 0 Å². The number of carboxylic acid groups (broad SMARTS) is 1. The third kappa shape index (κ3) is 4.23. The Morgan fingerprint density at radius 3 is 2.46 bits per heavy atom. The normalized spacial score (nSPS) is 13.8. The van der Waals surface area contributed by atoms with Crippen molar-refractivity contribution in [3.05, 3.63) is 62.7 Å². The van der Waals surface area contributed by atoms with E-state index in [1.807, 2.05) is 4.90 Å². The van der Waals surface area contributed by atoms with E-state index in [1.165, 1.54) is 30.3 Å². The minimum atomic E-state index is -1.22. The van der Waals surface area contributed by atoms with Crippen LogP contribution in [-0.2, 0) is 0 Å². The Kier molecular flexibility index (Phi) is 5.79. The maximum absolute atomic E-state index is 12.5. The monoisotopic (exact) mass is 403 g/mol. The number of carbonyl (C=O) groups excluding carboxylic acids is 1. The van der Waals surface area contributed by atoms with Crippen LogP contribution in [-0.4, -0.2) is 35.0 Å². The molecule has 1 saturated heterocycles. The van der Waals surface area contributed by atoms with Gasteiger partial charge in [-0.25, -0.2) is 4.79 Å². The largest absolute Gasteiger partial charge is 0.478 e. The Balaban J connectivity index is 1.86. The zero-order chi connectivity index (χ0) is 20.3. The van der Waals surface area contributed by atoms with Gasteiger partial charge >= 0.3 is 5.97 Å². The Bertz CT molecular complexity index is 941. The van der Waals surface area contributed by atoms with Crippen LogP contribution in [0.15, 0.2) is 36.4 Å². The van der Waals surface area contributed by atoms with Gasteiger partial charge in [-0.05, 0) is 49.6 Å². The lowest BCUT2D eigenvalue weighted by molar-refractivity contribution is -0.384. The van der Waals surface area contributed by atoms with Gasteiger partial charge in [-0.1, -0.05) is 11.6 Å². The summed E-state index contributed by atoms with van der Waals surface area (Å²) < 4.78 is 0. The van der Waals surface area contributed by atoms with Crippen molar-refractivity contribution in [2.45, 2.75) is 19.3 Å². The van der Waals surface area contributed by atoms with Crippen molar-refractivity contribution in [2.75, 3.05) is 23.3 Å². The number of hydrogen-bond acceptors (Lipinski definition) is 5. The summed E-state index contributed by atoms with van der Waals surface area (Å²) in [5, 5.41) is 23.2. The summed E-state index contributed by atoms with van der Waals surface area (Å²) in [6.07, 6.45) is 3.05. The SMILES string of the molecule is O=C(Nc1ccc(Cl)c(C(=O)O)c1)c1ccc(N2CCCCC2)c([N+](=O)[O-])c1. The fraction of sp³-hybridized carbons (Fsp3) is 0.263. The zero-order valence-electron chi connectivity index (χ0n) is 14.9. The van der Waals surface area contributed by atoms with Crippen molar-refractivity contribution in [1.29, 1.82) is 0 Å². The summed E-state index contributed by atoms with van der Waals surface area (Å²) in [7, 11) is 0. The molecule has 8 nitrogen and oxygen atoms in total. The Hall–Kier alpha value is -3.13. The summed E-state index contributed by atoms with van der Waals surface area (Å²) in [4.78, 5) is 36.7. The molecule has 2 aromatic carbocycles. The van der Waals surface area contributed by atoms with Crippen LogP contribution >= 0.6 is 11.6 Å².